The molecule has 92 valence electrons. The van der Waals surface area contributed by atoms with Gasteiger partial charge < -0.3 is 15.0 Å². The molecule has 5 nitrogen and oxygen atoms in total. The van der Waals surface area contributed by atoms with Crippen LogP contribution in [-0.4, -0.2) is 49.1 Å². The summed E-state index contributed by atoms with van der Waals surface area (Å²) in [5, 5.41) is 2.91. The van der Waals surface area contributed by atoms with Crippen LogP contribution in [0.3, 0.4) is 0 Å². The molecule has 0 aliphatic carbocycles. The van der Waals surface area contributed by atoms with Crippen LogP contribution in [0.15, 0.2) is 0 Å². The molecule has 1 aliphatic rings. The number of hydrogen-bond donors (Lipinski definition) is 1. The number of likely N-dealkylation sites (tertiary alicyclic amines) is 1. The normalized spacial score (nSPS) is 17.2. The molecule has 1 N–H and O–H groups in total. The molecule has 0 unspecified atom stereocenters. The van der Waals surface area contributed by atoms with Gasteiger partial charge in [-0.1, -0.05) is 0 Å². The van der Waals surface area contributed by atoms with Gasteiger partial charge in [-0.25, -0.2) is 0 Å². The maximum Gasteiger partial charge on any atom is 0.246 e. The standard InChI is InChI=1S/C11H20N2O3/c1-3-16-8-11(15)12-10-4-6-13(7-5-10)9(2)14/h10H,3-8H2,1-2H3,(H,12,15). The zero-order valence-electron chi connectivity index (χ0n) is 9.99. The minimum atomic E-state index is -0.0666. The van der Waals surface area contributed by atoms with Gasteiger partial charge in [0.25, 0.3) is 0 Å². The SMILES string of the molecule is CCOCC(=O)NC1CCN(C(C)=O)CC1. The molecular formula is C11H20N2O3. The van der Waals surface area contributed by atoms with Crippen molar-refractivity contribution in [1.29, 1.82) is 0 Å². The van der Waals surface area contributed by atoms with Gasteiger partial charge in [0.2, 0.25) is 11.8 Å². The van der Waals surface area contributed by atoms with Crippen molar-refractivity contribution in [3.8, 4) is 0 Å². The Morgan fingerprint density at radius 2 is 2.00 bits per heavy atom. The lowest BCUT2D eigenvalue weighted by atomic mass is 10.1. The summed E-state index contributed by atoms with van der Waals surface area (Å²) >= 11 is 0. The third-order valence-corrected chi connectivity index (χ3v) is 2.74. The van der Waals surface area contributed by atoms with Gasteiger partial charge in [-0.05, 0) is 19.8 Å². The molecule has 0 aromatic rings. The third-order valence-electron chi connectivity index (χ3n) is 2.74. The summed E-state index contributed by atoms with van der Waals surface area (Å²) in [7, 11) is 0. The predicted octanol–water partition coefficient (Wildman–Crippen LogP) is 0.150. The highest BCUT2D eigenvalue weighted by atomic mass is 16.5. The van der Waals surface area contributed by atoms with Crippen LogP contribution in [0.2, 0.25) is 0 Å². The van der Waals surface area contributed by atoms with E-state index in [9.17, 15) is 9.59 Å². The van der Waals surface area contributed by atoms with E-state index >= 15 is 0 Å². The van der Waals surface area contributed by atoms with E-state index in [0.717, 1.165) is 25.9 Å². The van der Waals surface area contributed by atoms with Gasteiger partial charge in [-0.3, -0.25) is 9.59 Å². The Bertz CT molecular complexity index is 248. The number of piperidine rings is 1. The third kappa shape index (κ3) is 4.18. The Labute approximate surface area is 96.1 Å². The molecule has 0 saturated carbocycles. The number of nitrogens with zero attached hydrogens (tertiary/aromatic N) is 1. The van der Waals surface area contributed by atoms with Crippen LogP contribution < -0.4 is 5.32 Å². The summed E-state index contributed by atoms with van der Waals surface area (Å²) in [5.41, 5.74) is 0. The molecule has 1 fully saturated rings. The second kappa shape index (κ2) is 6.48. The summed E-state index contributed by atoms with van der Waals surface area (Å²) in [5.74, 6) is 0.0437. The first-order chi connectivity index (χ1) is 7.63. The van der Waals surface area contributed by atoms with E-state index in [4.69, 9.17) is 4.74 Å². The van der Waals surface area contributed by atoms with E-state index in [1.807, 2.05) is 11.8 Å². The monoisotopic (exact) mass is 228 g/mol. The molecule has 0 aromatic heterocycles. The fourth-order valence-electron chi connectivity index (χ4n) is 1.80. The van der Waals surface area contributed by atoms with Gasteiger partial charge in [0.05, 0.1) is 0 Å². The second-order valence-corrected chi connectivity index (χ2v) is 3.98. The molecule has 0 aromatic carbocycles. The largest absolute Gasteiger partial charge is 0.372 e. The van der Waals surface area contributed by atoms with E-state index in [0.29, 0.717) is 6.61 Å². The number of hydrogen-bond acceptors (Lipinski definition) is 3. The maximum absolute atomic E-state index is 11.4. The van der Waals surface area contributed by atoms with E-state index in [1.54, 1.807) is 6.92 Å². The molecule has 16 heavy (non-hydrogen) atoms. The molecular weight excluding hydrogens is 208 g/mol. The number of nitrogens with one attached hydrogen (secondary N) is 1. The molecule has 1 heterocycles. The lowest BCUT2D eigenvalue weighted by molar-refractivity contribution is -0.130. The molecule has 0 atom stereocenters. The first-order valence-electron chi connectivity index (χ1n) is 5.76. The maximum atomic E-state index is 11.4. The van der Waals surface area contributed by atoms with Crippen LogP contribution in [0, 0.1) is 0 Å². The van der Waals surface area contributed by atoms with E-state index in [-0.39, 0.29) is 24.5 Å². The van der Waals surface area contributed by atoms with Crippen molar-refractivity contribution in [2.24, 2.45) is 0 Å². The fraction of sp³-hybridized carbons (Fsp3) is 0.818. The fourth-order valence-corrected chi connectivity index (χ4v) is 1.80. The Kier molecular flexibility index (Phi) is 5.25. The van der Waals surface area contributed by atoms with Gasteiger partial charge in [0.1, 0.15) is 6.61 Å². The number of ether oxygens (including phenoxy) is 1. The number of rotatable bonds is 4. The lowest BCUT2D eigenvalue weighted by Crippen LogP contribution is -2.46. The van der Waals surface area contributed by atoms with Crippen LogP contribution in [0.25, 0.3) is 0 Å². The van der Waals surface area contributed by atoms with Gasteiger partial charge in [0, 0.05) is 32.7 Å². The Hall–Kier alpha value is -1.10. The van der Waals surface area contributed by atoms with Crippen LogP contribution in [0.5, 0.6) is 0 Å². The smallest absolute Gasteiger partial charge is 0.246 e. The number of carbonyl (C=O) groups excluding carboxylic acids is 2. The summed E-state index contributed by atoms with van der Waals surface area (Å²) in [4.78, 5) is 24.3. The predicted molar refractivity (Wildman–Crippen MR) is 59.9 cm³/mol. The van der Waals surface area contributed by atoms with Crippen LogP contribution in [0.1, 0.15) is 26.7 Å². The van der Waals surface area contributed by atoms with Crippen molar-refractivity contribution in [2.75, 3.05) is 26.3 Å². The average Bonchev–Trinajstić information content (AvgIpc) is 2.27. The first kappa shape index (κ1) is 13.0. The molecule has 5 heteroatoms. The van der Waals surface area contributed by atoms with Crippen LogP contribution >= 0.6 is 0 Å². The summed E-state index contributed by atoms with van der Waals surface area (Å²) in [6, 6.07) is 0.184. The van der Waals surface area contributed by atoms with Crippen molar-refractivity contribution in [3.05, 3.63) is 0 Å². The first-order valence-corrected chi connectivity index (χ1v) is 5.76. The minimum Gasteiger partial charge on any atom is -0.372 e. The van der Waals surface area contributed by atoms with Gasteiger partial charge >= 0.3 is 0 Å². The Morgan fingerprint density at radius 3 is 2.50 bits per heavy atom. The highest BCUT2D eigenvalue weighted by Gasteiger charge is 2.21. The average molecular weight is 228 g/mol. The van der Waals surface area contributed by atoms with Gasteiger partial charge in [-0.2, -0.15) is 0 Å². The summed E-state index contributed by atoms with van der Waals surface area (Å²) in [6.07, 6.45) is 1.66. The van der Waals surface area contributed by atoms with Gasteiger partial charge in [0.15, 0.2) is 0 Å². The van der Waals surface area contributed by atoms with Gasteiger partial charge in [-0.15, -0.1) is 0 Å². The molecule has 1 aliphatic heterocycles. The van der Waals surface area contributed by atoms with Crippen molar-refractivity contribution >= 4 is 11.8 Å². The number of carbonyl (C=O) groups is 2. The topological polar surface area (TPSA) is 58.6 Å². The molecule has 1 saturated heterocycles. The van der Waals surface area contributed by atoms with Crippen molar-refractivity contribution < 1.29 is 14.3 Å². The van der Waals surface area contributed by atoms with E-state index < -0.39 is 0 Å². The minimum absolute atomic E-state index is 0.0666. The second-order valence-electron chi connectivity index (χ2n) is 3.98. The molecule has 0 bridgehead atoms. The Morgan fingerprint density at radius 1 is 1.38 bits per heavy atom. The van der Waals surface area contributed by atoms with Crippen molar-refractivity contribution in [3.63, 3.8) is 0 Å². The van der Waals surface area contributed by atoms with E-state index in [1.165, 1.54) is 0 Å². The Balaban J connectivity index is 2.21. The zero-order chi connectivity index (χ0) is 12.0. The molecule has 0 spiro atoms. The van der Waals surface area contributed by atoms with E-state index in [2.05, 4.69) is 5.32 Å². The van der Waals surface area contributed by atoms with Crippen molar-refractivity contribution in [1.82, 2.24) is 10.2 Å². The highest BCUT2D eigenvalue weighted by Crippen LogP contribution is 2.10. The number of amides is 2. The lowest BCUT2D eigenvalue weighted by Gasteiger charge is -2.31. The molecule has 2 amide bonds. The quantitative estimate of drug-likeness (QED) is 0.745. The zero-order valence-corrected chi connectivity index (χ0v) is 9.99. The van der Waals surface area contributed by atoms with Crippen LogP contribution in [-0.2, 0) is 14.3 Å². The molecule has 1 rings (SSSR count). The van der Waals surface area contributed by atoms with Crippen LogP contribution in [0.4, 0.5) is 0 Å². The molecule has 0 radical (unpaired) electrons. The highest BCUT2D eigenvalue weighted by molar-refractivity contribution is 5.77. The van der Waals surface area contributed by atoms with Crippen molar-refractivity contribution in [2.45, 2.75) is 32.7 Å². The summed E-state index contributed by atoms with van der Waals surface area (Å²) < 4.78 is 5.02. The summed E-state index contributed by atoms with van der Waals surface area (Å²) in [6.45, 7) is 5.58.